The lowest BCUT2D eigenvalue weighted by atomic mass is 10.2. The second-order valence-corrected chi connectivity index (χ2v) is 2.90. The van der Waals surface area contributed by atoms with Crippen molar-refractivity contribution in [1.29, 1.82) is 0 Å². The Kier molecular flexibility index (Phi) is 1.81. The number of hydrogen-bond donors (Lipinski definition) is 1. The molecule has 5 heteroatoms. The highest BCUT2D eigenvalue weighted by Crippen LogP contribution is 2.29. The smallest absolute Gasteiger partial charge is 0.337 e. The van der Waals surface area contributed by atoms with Crippen molar-refractivity contribution in [3.05, 3.63) is 12.7 Å². The number of carbonyl (C=O) groups excluding carboxylic acids is 1. The molecule has 0 bridgehead atoms. The van der Waals surface area contributed by atoms with Gasteiger partial charge in [-0.1, -0.05) is 6.58 Å². The molecule has 2 aliphatic rings. The number of aliphatic imine (C=N–C) groups is 1. The van der Waals surface area contributed by atoms with Crippen LogP contribution in [0, 0.1) is 0 Å². The number of hydrogen-bond acceptors (Lipinski definition) is 5. The molecule has 1 N–H and O–H groups in total. The predicted octanol–water partition coefficient (Wildman–Crippen LogP) is 0.139. The Labute approximate surface area is 75.4 Å². The second-order valence-electron chi connectivity index (χ2n) is 2.90. The second kappa shape index (κ2) is 2.85. The van der Waals surface area contributed by atoms with Crippen molar-refractivity contribution in [2.45, 2.75) is 18.7 Å². The minimum Gasteiger partial charge on any atom is -0.389 e. The molecule has 13 heavy (non-hydrogen) atoms. The fourth-order valence-electron chi connectivity index (χ4n) is 1.33. The van der Waals surface area contributed by atoms with Crippen LogP contribution in [0.15, 0.2) is 17.6 Å². The van der Waals surface area contributed by atoms with E-state index in [2.05, 4.69) is 16.9 Å². The van der Waals surface area contributed by atoms with Crippen LogP contribution in [0.1, 0.15) is 12.8 Å². The zero-order chi connectivity index (χ0) is 9.31. The van der Waals surface area contributed by atoms with E-state index in [9.17, 15) is 4.79 Å². The Morgan fingerprint density at radius 2 is 2.62 bits per heavy atom. The average Bonchev–Trinajstić information content (AvgIpc) is 2.52. The van der Waals surface area contributed by atoms with E-state index < -0.39 is 11.8 Å². The summed E-state index contributed by atoms with van der Waals surface area (Å²) in [7, 11) is 0. The first-order valence-corrected chi connectivity index (χ1v) is 4.10. The van der Waals surface area contributed by atoms with Gasteiger partial charge in [-0.2, -0.15) is 4.99 Å². The lowest BCUT2D eigenvalue weighted by Crippen LogP contribution is -2.57. The summed E-state index contributed by atoms with van der Waals surface area (Å²) in [6.07, 6.45) is 2.88. The zero-order valence-electron chi connectivity index (χ0n) is 7.08. The molecule has 0 saturated carbocycles. The molecule has 0 aliphatic carbocycles. The van der Waals surface area contributed by atoms with Crippen LogP contribution in [0.4, 0.5) is 0 Å². The Morgan fingerprint density at radius 3 is 3.15 bits per heavy atom. The van der Waals surface area contributed by atoms with Crippen molar-refractivity contribution in [2.75, 3.05) is 6.61 Å². The van der Waals surface area contributed by atoms with Gasteiger partial charge in [-0.3, -0.25) is 5.32 Å². The van der Waals surface area contributed by atoms with Crippen LogP contribution in [-0.4, -0.2) is 24.4 Å². The molecular weight excluding hydrogens is 172 g/mol. The molecule has 2 rings (SSSR count). The van der Waals surface area contributed by atoms with Crippen molar-refractivity contribution in [2.24, 2.45) is 4.99 Å². The maximum Gasteiger partial charge on any atom is 0.337 e. The monoisotopic (exact) mass is 182 g/mol. The maximum absolute atomic E-state index is 10.7. The number of nitrogens with one attached hydrogen (secondary N) is 1. The van der Waals surface area contributed by atoms with Gasteiger partial charge in [0, 0.05) is 12.5 Å². The molecule has 1 atom stereocenters. The SMILES string of the molecule is C=CC(=O)OC1=NC2(CCCO2)N1. The molecule has 2 aliphatic heterocycles. The first-order valence-electron chi connectivity index (χ1n) is 4.10. The molecule has 0 aromatic rings. The van der Waals surface area contributed by atoms with Crippen molar-refractivity contribution >= 4 is 12.0 Å². The number of carbonyl (C=O) groups is 1. The van der Waals surface area contributed by atoms with Gasteiger partial charge in [-0.15, -0.1) is 0 Å². The van der Waals surface area contributed by atoms with E-state index in [0.717, 1.165) is 18.9 Å². The summed E-state index contributed by atoms with van der Waals surface area (Å²) >= 11 is 0. The molecule has 0 aromatic heterocycles. The Balaban J connectivity index is 1.92. The van der Waals surface area contributed by atoms with E-state index in [4.69, 9.17) is 9.47 Å². The van der Waals surface area contributed by atoms with Crippen molar-refractivity contribution in [3.8, 4) is 0 Å². The van der Waals surface area contributed by atoms with Gasteiger partial charge in [-0.25, -0.2) is 4.79 Å². The fraction of sp³-hybridized carbons (Fsp3) is 0.500. The Hall–Kier alpha value is -1.36. The number of nitrogens with zero attached hydrogens (tertiary/aromatic N) is 1. The first kappa shape index (κ1) is 8.25. The fourth-order valence-corrected chi connectivity index (χ4v) is 1.33. The average molecular weight is 182 g/mol. The Bertz CT molecular complexity index is 279. The third-order valence-electron chi connectivity index (χ3n) is 1.95. The van der Waals surface area contributed by atoms with Gasteiger partial charge in [0.25, 0.3) is 0 Å². The van der Waals surface area contributed by atoms with Gasteiger partial charge in [-0.05, 0) is 6.42 Å². The van der Waals surface area contributed by atoms with E-state index in [1.54, 1.807) is 0 Å². The molecule has 0 amide bonds. The molecule has 1 spiro atoms. The molecule has 1 fully saturated rings. The van der Waals surface area contributed by atoms with Crippen LogP contribution in [0.2, 0.25) is 0 Å². The highest BCUT2D eigenvalue weighted by molar-refractivity contribution is 5.95. The van der Waals surface area contributed by atoms with Crippen molar-refractivity contribution in [3.63, 3.8) is 0 Å². The largest absolute Gasteiger partial charge is 0.389 e. The standard InChI is InChI=1S/C8H10N2O3/c1-2-6(11)13-7-9-8(10-7)4-3-5-12-8/h2H,1,3-5H2,(H,9,10). The number of ether oxygens (including phenoxy) is 2. The van der Waals surface area contributed by atoms with Gasteiger partial charge in [0.05, 0.1) is 6.61 Å². The normalized spacial score (nSPS) is 30.3. The van der Waals surface area contributed by atoms with Gasteiger partial charge in [0.1, 0.15) is 0 Å². The van der Waals surface area contributed by atoms with Crippen LogP contribution in [0.25, 0.3) is 0 Å². The minimum atomic E-state index is -0.600. The van der Waals surface area contributed by atoms with Crippen LogP contribution in [0.3, 0.4) is 0 Å². The summed E-state index contributed by atoms with van der Waals surface area (Å²) in [5, 5.41) is 2.86. The minimum absolute atomic E-state index is 0.215. The van der Waals surface area contributed by atoms with E-state index in [-0.39, 0.29) is 6.02 Å². The van der Waals surface area contributed by atoms with Crippen molar-refractivity contribution < 1.29 is 14.3 Å². The van der Waals surface area contributed by atoms with Crippen LogP contribution >= 0.6 is 0 Å². The quantitative estimate of drug-likeness (QED) is 0.463. The van der Waals surface area contributed by atoms with Gasteiger partial charge < -0.3 is 9.47 Å². The molecule has 2 heterocycles. The van der Waals surface area contributed by atoms with E-state index in [0.29, 0.717) is 6.61 Å². The van der Waals surface area contributed by atoms with Crippen molar-refractivity contribution in [1.82, 2.24) is 5.32 Å². The highest BCUT2D eigenvalue weighted by atomic mass is 16.6. The summed E-state index contributed by atoms with van der Waals surface area (Å²) in [6, 6.07) is 0.215. The molecule has 1 saturated heterocycles. The summed E-state index contributed by atoms with van der Waals surface area (Å²) < 4.78 is 10.0. The van der Waals surface area contributed by atoms with Gasteiger partial charge >= 0.3 is 12.0 Å². The van der Waals surface area contributed by atoms with Crippen LogP contribution < -0.4 is 5.32 Å². The summed E-state index contributed by atoms with van der Waals surface area (Å²) in [5.41, 5.74) is 0. The maximum atomic E-state index is 10.7. The third kappa shape index (κ3) is 1.42. The molecule has 1 unspecified atom stereocenters. The lowest BCUT2D eigenvalue weighted by Gasteiger charge is -2.33. The molecule has 0 aromatic carbocycles. The third-order valence-corrected chi connectivity index (χ3v) is 1.95. The number of rotatable bonds is 1. The topological polar surface area (TPSA) is 59.9 Å². The summed E-state index contributed by atoms with van der Waals surface area (Å²) in [4.78, 5) is 14.7. The zero-order valence-corrected chi connectivity index (χ0v) is 7.08. The first-order chi connectivity index (χ1) is 6.24. The van der Waals surface area contributed by atoms with E-state index >= 15 is 0 Å². The molecular formula is C8H10N2O3. The lowest BCUT2D eigenvalue weighted by molar-refractivity contribution is -0.132. The molecule has 5 nitrogen and oxygen atoms in total. The molecule has 0 radical (unpaired) electrons. The van der Waals surface area contributed by atoms with E-state index in [1.165, 1.54) is 0 Å². The van der Waals surface area contributed by atoms with Crippen LogP contribution in [-0.2, 0) is 14.3 Å². The number of amidine groups is 1. The summed E-state index contributed by atoms with van der Waals surface area (Å²) in [6.45, 7) is 3.97. The van der Waals surface area contributed by atoms with Gasteiger partial charge in [0.2, 0.25) is 5.85 Å². The Morgan fingerprint density at radius 1 is 1.85 bits per heavy atom. The van der Waals surface area contributed by atoms with Crippen LogP contribution in [0.5, 0.6) is 0 Å². The number of esters is 1. The van der Waals surface area contributed by atoms with E-state index in [1.807, 2.05) is 0 Å². The highest BCUT2D eigenvalue weighted by Gasteiger charge is 2.44. The predicted molar refractivity (Wildman–Crippen MR) is 44.8 cm³/mol. The van der Waals surface area contributed by atoms with Gasteiger partial charge in [0.15, 0.2) is 0 Å². The molecule has 70 valence electrons. The summed E-state index contributed by atoms with van der Waals surface area (Å²) in [5.74, 6) is -1.12.